The molecule has 0 radical (unpaired) electrons. The third-order valence-electron chi connectivity index (χ3n) is 5.18. The number of aryl methyl sites for hydroxylation is 1. The Hall–Kier alpha value is -1.67. The van der Waals surface area contributed by atoms with Crippen molar-refractivity contribution in [1.82, 2.24) is 20.0 Å². The van der Waals surface area contributed by atoms with Crippen LogP contribution < -0.4 is 5.73 Å². The second kappa shape index (κ2) is 8.83. The molecule has 156 valence electrons. The molecule has 0 bridgehead atoms. The van der Waals surface area contributed by atoms with E-state index in [4.69, 9.17) is 10.5 Å². The number of carboxylic acid groups (broad SMARTS) is 1. The fraction of sp³-hybridized carbons (Fsp3) is 0.500. The number of rotatable bonds is 6. The average molecular weight is 463 g/mol. The van der Waals surface area contributed by atoms with Crippen LogP contribution in [0, 0.1) is 12.8 Å². The molecule has 14 heteroatoms. The number of β-lactam (4-membered cyclic amide) rings is 1. The van der Waals surface area contributed by atoms with Crippen LogP contribution in [0.4, 0.5) is 4.79 Å². The number of nitrogens with two attached hydrogens (primary N) is 1. The summed E-state index contributed by atoms with van der Waals surface area (Å²) >= 11 is 2.65. The van der Waals surface area contributed by atoms with Gasteiger partial charge in [-0.3, -0.25) is 14.5 Å². The normalized spacial score (nSPS) is 24.2. The average Bonchev–Trinajstić information content (AvgIpc) is 3.24. The van der Waals surface area contributed by atoms with E-state index in [0.29, 0.717) is 22.9 Å². The van der Waals surface area contributed by atoms with E-state index in [2.05, 4.69) is 10.2 Å². The van der Waals surface area contributed by atoms with Gasteiger partial charge in [-0.25, -0.2) is 9.59 Å². The fourth-order valence-electron chi connectivity index (χ4n) is 4.12. The fourth-order valence-corrected chi connectivity index (χ4v) is 5.82. The first-order chi connectivity index (χ1) is 13.8. The van der Waals surface area contributed by atoms with Crippen LogP contribution >= 0.6 is 23.1 Å². The Morgan fingerprint density at radius 3 is 2.70 bits per heavy atom. The molecule has 11 nitrogen and oxygen atoms in total. The summed E-state index contributed by atoms with van der Waals surface area (Å²) in [5.41, 5.74) is 5.12. The van der Waals surface area contributed by atoms with E-state index < -0.39 is 24.0 Å². The van der Waals surface area contributed by atoms with Crippen LogP contribution in [0.1, 0.15) is 11.4 Å². The zero-order valence-corrected chi connectivity index (χ0v) is 16.9. The number of carbonyl (C=O) groups excluding carboxylic acids is 3. The van der Waals surface area contributed by atoms with E-state index in [1.54, 1.807) is 0 Å². The number of ether oxygens (including phenoxy) is 1. The molecule has 3 N–H and O–H groups in total. The summed E-state index contributed by atoms with van der Waals surface area (Å²) in [6.07, 6.45) is -0.712. The molecule has 2 saturated heterocycles. The van der Waals surface area contributed by atoms with E-state index in [0.717, 1.165) is 5.01 Å². The number of thioether (sulfide) groups is 1. The molecule has 0 saturated carbocycles. The predicted molar refractivity (Wildman–Crippen MR) is 107 cm³/mol. The van der Waals surface area contributed by atoms with E-state index in [1.807, 2.05) is 6.92 Å². The van der Waals surface area contributed by atoms with E-state index in [-0.39, 0.29) is 65.5 Å². The Kier molecular flexibility index (Phi) is 6.77. The van der Waals surface area contributed by atoms with Crippen molar-refractivity contribution >= 4 is 76.5 Å². The minimum atomic E-state index is -1.27. The second-order valence-electron chi connectivity index (χ2n) is 6.89. The summed E-state index contributed by atoms with van der Waals surface area (Å²) in [7, 11) is 0. The Morgan fingerprint density at radius 2 is 2.10 bits per heavy atom. The molecule has 30 heavy (non-hydrogen) atoms. The summed E-state index contributed by atoms with van der Waals surface area (Å²) in [6.45, 7) is 1.86. The third kappa shape index (κ3) is 3.96. The molecular formula is C16H18N5NaO6S2. The van der Waals surface area contributed by atoms with Crippen LogP contribution in [0.3, 0.4) is 0 Å². The molecule has 3 amide bonds. The maximum atomic E-state index is 12.7. The van der Waals surface area contributed by atoms with Crippen molar-refractivity contribution in [3.05, 3.63) is 16.3 Å². The topological polar surface area (TPSA) is 156 Å². The molecular weight excluding hydrogens is 445 g/mol. The van der Waals surface area contributed by atoms with E-state index in [1.165, 1.54) is 32.9 Å². The summed E-state index contributed by atoms with van der Waals surface area (Å²) in [6, 6.07) is -1.03. The van der Waals surface area contributed by atoms with Gasteiger partial charge in [0, 0.05) is 12.5 Å². The number of amides is 3. The van der Waals surface area contributed by atoms with Gasteiger partial charge in [0.15, 0.2) is 4.34 Å². The zero-order chi connectivity index (χ0) is 20.9. The van der Waals surface area contributed by atoms with Gasteiger partial charge < -0.3 is 20.5 Å². The zero-order valence-electron chi connectivity index (χ0n) is 15.2. The molecule has 1 aromatic rings. The molecule has 3 aliphatic rings. The van der Waals surface area contributed by atoms with Crippen LogP contribution in [0.2, 0.25) is 0 Å². The second-order valence-corrected chi connectivity index (χ2v) is 9.30. The first-order valence-corrected chi connectivity index (χ1v) is 10.5. The molecule has 0 aliphatic carbocycles. The number of hydrogen-bond acceptors (Lipinski definition) is 9. The number of carboxylic acids is 1. The Bertz CT molecular complexity index is 952. The molecule has 4 heterocycles. The molecule has 3 atom stereocenters. The van der Waals surface area contributed by atoms with Crippen LogP contribution in [0.5, 0.6) is 0 Å². The monoisotopic (exact) mass is 463 g/mol. The number of nitrogens with zero attached hydrogens (tertiary/aromatic N) is 4. The SMILES string of the molecule is Cc1nnc(SCC(=O)N2C[C@H]3CC(COC(N)=O)=C(C(=O)O)N4C(=O)[C@@H]2[C@@H]34)s1.[NaH]. The maximum absolute atomic E-state index is 12.7. The van der Waals surface area contributed by atoms with Crippen molar-refractivity contribution in [2.45, 2.75) is 29.8 Å². The summed E-state index contributed by atoms with van der Waals surface area (Å²) in [5.74, 6) is -1.91. The third-order valence-corrected chi connectivity index (χ3v) is 7.14. The van der Waals surface area contributed by atoms with Crippen molar-refractivity contribution in [2.24, 2.45) is 11.7 Å². The van der Waals surface area contributed by atoms with E-state index in [9.17, 15) is 24.3 Å². The summed E-state index contributed by atoms with van der Waals surface area (Å²) < 4.78 is 5.43. The van der Waals surface area contributed by atoms with Gasteiger partial charge in [-0.05, 0) is 18.9 Å². The van der Waals surface area contributed by atoms with Gasteiger partial charge in [0.1, 0.15) is 23.4 Å². The van der Waals surface area contributed by atoms with Crippen LogP contribution in [0.15, 0.2) is 15.6 Å². The number of likely N-dealkylation sites (tertiary alicyclic amines) is 1. The summed E-state index contributed by atoms with van der Waals surface area (Å²) in [5, 5.41) is 18.2. The molecule has 3 aliphatic heterocycles. The van der Waals surface area contributed by atoms with Gasteiger partial charge in [-0.15, -0.1) is 10.2 Å². The van der Waals surface area contributed by atoms with Gasteiger partial charge in [-0.1, -0.05) is 23.1 Å². The molecule has 0 aromatic carbocycles. The number of aromatic nitrogens is 2. The van der Waals surface area contributed by atoms with Crippen molar-refractivity contribution < 1.29 is 29.0 Å². The van der Waals surface area contributed by atoms with Crippen molar-refractivity contribution in [1.29, 1.82) is 0 Å². The number of hydrogen-bond donors (Lipinski definition) is 2. The molecule has 0 unspecified atom stereocenters. The molecule has 4 rings (SSSR count). The standard InChI is InChI=1S/C16H17N5O6S2.Na.H/c1-6-18-19-16(29-6)28-5-9(22)20-3-7-2-8(4-27-15(17)26)11(14(24)25)21-10(7)12(20)13(21)23;;/h7,10,12H,2-5H2,1H3,(H2,17,26)(H,24,25);;/t7-,10-,12+;;/m1../s1. The van der Waals surface area contributed by atoms with Crippen molar-refractivity contribution in [3.8, 4) is 0 Å². The summed E-state index contributed by atoms with van der Waals surface area (Å²) in [4.78, 5) is 50.8. The molecule has 2 fully saturated rings. The van der Waals surface area contributed by atoms with Crippen LogP contribution in [-0.2, 0) is 19.1 Å². The van der Waals surface area contributed by atoms with Gasteiger partial charge in [0.2, 0.25) is 5.91 Å². The number of aliphatic carboxylic acids is 1. The minimum absolute atomic E-state index is 0. The number of carbonyl (C=O) groups is 4. The van der Waals surface area contributed by atoms with Crippen molar-refractivity contribution in [3.63, 3.8) is 0 Å². The predicted octanol–water partition coefficient (Wildman–Crippen LogP) is -0.834. The Labute approximate surface area is 201 Å². The first kappa shape index (κ1) is 23.0. The van der Waals surface area contributed by atoms with Crippen molar-refractivity contribution in [2.75, 3.05) is 18.9 Å². The Balaban J connectivity index is 0.00000256. The molecule has 0 spiro atoms. The Morgan fingerprint density at radius 1 is 1.37 bits per heavy atom. The molecule has 1 aromatic heterocycles. The number of primary amides is 1. The quantitative estimate of drug-likeness (QED) is 0.312. The van der Waals surface area contributed by atoms with E-state index >= 15 is 0 Å². The van der Waals surface area contributed by atoms with Gasteiger partial charge in [-0.2, -0.15) is 0 Å². The van der Waals surface area contributed by atoms with Crippen LogP contribution in [-0.4, -0.2) is 110 Å². The van der Waals surface area contributed by atoms with Gasteiger partial charge in [0.05, 0.1) is 11.8 Å². The van der Waals surface area contributed by atoms with Gasteiger partial charge >= 0.3 is 41.6 Å². The van der Waals surface area contributed by atoms with Crippen LogP contribution in [0.25, 0.3) is 0 Å². The van der Waals surface area contributed by atoms with Gasteiger partial charge in [0.25, 0.3) is 5.91 Å². The first-order valence-electron chi connectivity index (χ1n) is 8.71.